The predicted octanol–water partition coefficient (Wildman–Crippen LogP) is 5.93. The van der Waals surface area contributed by atoms with Crippen LogP contribution in [-0.4, -0.2) is 21.2 Å². The lowest BCUT2D eigenvalue weighted by Crippen LogP contribution is -2.48. The van der Waals surface area contributed by atoms with Crippen LogP contribution < -0.4 is 4.90 Å². The molecule has 0 fully saturated rings. The minimum absolute atomic E-state index is 0.0810. The maximum Gasteiger partial charge on any atom is 0.238 e. The smallest absolute Gasteiger partial charge is 0.238 e. The van der Waals surface area contributed by atoms with Crippen LogP contribution in [0.5, 0.6) is 0 Å². The third-order valence-corrected chi connectivity index (χ3v) is 9.59. The van der Waals surface area contributed by atoms with Gasteiger partial charge in [0.1, 0.15) is 3.82 Å². The third kappa shape index (κ3) is 3.07. The number of carbonyl (C=O) groups excluding carboxylic acids is 1. The number of hydrogen-bond donors (Lipinski definition) is 0. The Bertz CT molecular complexity index is 1140. The lowest BCUT2D eigenvalue weighted by molar-refractivity contribution is -0.117. The van der Waals surface area contributed by atoms with E-state index in [9.17, 15) is 4.79 Å². The first-order valence-electron chi connectivity index (χ1n) is 8.90. The van der Waals surface area contributed by atoms with Crippen molar-refractivity contribution >= 4 is 56.3 Å². The highest BCUT2D eigenvalue weighted by atomic mass is 32.9. The van der Waals surface area contributed by atoms with E-state index in [-0.39, 0.29) is 5.91 Å². The number of aromatic nitrogens is 2. The number of fused-ring (bicyclic) bond motifs is 3. The summed E-state index contributed by atoms with van der Waals surface area (Å²) in [6.07, 6.45) is 3.65. The van der Waals surface area contributed by atoms with Crippen molar-refractivity contribution in [3.8, 4) is 11.1 Å². The van der Waals surface area contributed by atoms with Gasteiger partial charge >= 0.3 is 0 Å². The molecule has 0 saturated heterocycles. The summed E-state index contributed by atoms with van der Waals surface area (Å²) in [5.41, 5.74) is 5.12. The summed E-state index contributed by atoms with van der Waals surface area (Å²) in [5.74, 6) is 0.420. The molecule has 0 unspecified atom stereocenters. The van der Waals surface area contributed by atoms with E-state index in [4.69, 9.17) is 12.2 Å². The summed E-state index contributed by atoms with van der Waals surface area (Å²) >= 11 is 7.13. The van der Waals surface area contributed by atoms with Crippen LogP contribution in [0.25, 0.3) is 11.1 Å². The Kier molecular flexibility index (Phi) is 5.02. The zero-order valence-electron chi connectivity index (χ0n) is 16.4. The van der Waals surface area contributed by atoms with Crippen LogP contribution in [0.1, 0.15) is 29.9 Å². The van der Waals surface area contributed by atoms with E-state index in [2.05, 4.69) is 44.8 Å². The van der Waals surface area contributed by atoms with Gasteiger partial charge in [0, 0.05) is 30.6 Å². The van der Waals surface area contributed by atoms with E-state index in [1.165, 1.54) is 27.8 Å². The molecular formula is C20H21N3OS4. The summed E-state index contributed by atoms with van der Waals surface area (Å²) in [5, 5.41) is 0.843. The Labute approximate surface area is 181 Å². The number of hydrogen-bond acceptors (Lipinski definition) is 6. The van der Waals surface area contributed by atoms with Gasteiger partial charge in [0.05, 0.1) is 21.9 Å². The molecule has 0 saturated carbocycles. The van der Waals surface area contributed by atoms with E-state index in [1.54, 1.807) is 26.9 Å². The number of benzene rings is 1. The Morgan fingerprint density at radius 1 is 1.25 bits per heavy atom. The van der Waals surface area contributed by atoms with Gasteiger partial charge in [0.15, 0.2) is 5.16 Å². The lowest BCUT2D eigenvalue weighted by atomic mass is 9.86. The zero-order chi connectivity index (χ0) is 20.2. The standard InChI is InChI=1S/C20H21N3OS4/c1-11-8-13-14(9-12(11)2)23(15(24)10-26-19-21-6-7-22(19)5)20(3,4)17-16(13)18(25)28-27-17/h6-9H,10H2,1-5H3. The number of amides is 1. The van der Waals surface area contributed by atoms with Crippen molar-refractivity contribution in [2.75, 3.05) is 10.7 Å². The molecule has 0 atom stereocenters. The number of imidazole rings is 1. The molecule has 0 radical (unpaired) electrons. The van der Waals surface area contributed by atoms with Crippen LogP contribution in [0.2, 0.25) is 0 Å². The molecule has 4 rings (SSSR count). The van der Waals surface area contributed by atoms with Gasteiger partial charge in [-0.2, -0.15) is 0 Å². The number of anilines is 1. The van der Waals surface area contributed by atoms with Crippen molar-refractivity contribution in [3.05, 3.63) is 44.4 Å². The molecule has 4 nitrogen and oxygen atoms in total. The molecule has 1 aromatic carbocycles. The second kappa shape index (κ2) is 7.09. The molecule has 0 bridgehead atoms. The first-order chi connectivity index (χ1) is 13.2. The molecule has 3 aromatic rings. The molecule has 1 aliphatic heterocycles. The summed E-state index contributed by atoms with van der Waals surface area (Å²) in [6, 6.07) is 4.32. The summed E-state index contributed by atoms with van der Waals surface area (Å²) in [7, 11) is 5.26. The monoisotopic (exact) mass is 447 g/mol. The molecule has 8 heteroatoms. The highest BCUT2D eigenvalue weighted by Gasteiger charge is 2.43. The minimum Gasteiger partial charge on any atom is -0.329 e. The van der Waals surface area contributed by atoms with Gasteiger partial charge in [-0.15, -0.1) is 0 Å². The average molecular weight is 448 g/mol. The van der Waals surface area contributed by atoms with E-state index < -0.39 is 5.54 Å². The summed E-state index contributed by atoms with van der Waals surface area (Å²) < 4.78 is 2.84. The SMILES string of the molecule is Cc1cc2c(cc1C)N(C(=O)CSc1nccn1C)C(C)(C)c1ssc(=S)c1-2. The van der Waals surface area contributed by atoms with Gasteiger partial charge in [-0.1, -0.05) is 44.7 Å². The molecule has 28 heavy (non-hydrogen) atoms. The maximum absolute atomic E-state index is 13.4. The molecular weight excluding hydrogens is 427 g/mol. The van der Waals surface area contributed by atoms with Crippen LogP contribution in [0.15, 0.2) is 29.7 Å². The third-order valence-electron chi connectivity index (χ3n) is 5.22. The Hall–Kier alpha value is -1.48. The first-order valence-corrected chi connectivity index (χ1v) is 12.4. The van der Waals surface area contributed by atoms with Crippen LogP contribution >= 0.6 is 44.7 Å². The van der Waals surface area contributed by atoms with Crippen molar-refractivity contribution in [2.45, 2.75) is 38.4 Å². The number of nitrogens with zero attached hydrogens (tertiary/aromatic N) is 3. The zero-order valence-corrected chi connectivity index (χ0v) is 19.7. The number of rotatable bonds is 3. The summed E-state index contributed by atoms with van der Waals surface area (Å²) in [4.78, 5) is 20.9. The van der Waals surface area contributed by atoms with Gasteiger partial charge in [0.2, 0.25) is 5.91 Å². The molecule has 2 aromatic heterocycles. The minimum atomic E-state index is -0.443. The fraction of sp³-hybridized carbons (Fsp3) is 0.350. The quantitative estimate of drug-likeness (QED) is 0.283. The Morgan fingerprint density at radius 3 is 2.64 bits per heavy atom. The molecule has 1 amide bonds. The van der Waals surface area contributed by atoms with Crippen LogP contribution in [0.3, 0.4) is 0 Å². The second-order valence-corrected chi connectivity index (χ2v) is 11.3. The highest BCUT2D eigenvalue weighted by molar-refractivity contribution is 7.99. The van der Waals surface area contributed by atoms with Crippen molar-refractivity contribution in [2.24, 2.45) is 7.05 Å². The van der Waals surface area contributed by atoms with Crippen LogP contribution in [0.4, 0.5) is 5.69 Å². The second-order valence-electron chi connectivity index (χ2n) is 7.51. The number of carbonyl (C=O) groups is 1. The van der Waals surface area contributed by atoms with Crippen molar-refractivity contribution in [3.63, 3.8) is 0 Å². The number of thioether (sulfide) groups is 1. The largest absolute Gasteiger partial charge is 0.329 e. The van der Waals surface area contributed by atoms with Gasteiger partial charge in [-0.3, -0.25) is 4.79 Å². The molecule has 3 heterocycles. The Morgan fingerprint density at radius 2 is 1.96 bits per heavy atom. The van der Waals surface area contributed by atoms with Crippen molar-refractivity contribution in [1.29, 1.82) is 0 Å². The fourth-order valence-corrected chi connectivity index (χ4v) is 7.68. The Balaban J connectivity index is 1.81. The van der Waals surface area contributed by atoms with Crippen molar-refractivity contribution in [1.82, 2.24) is 9.55 Å². The predicted molar refractivity (Wildman–Crippen MR) is 122 cm³/mol. The lowest BCUT2D eigenvalue weighted by Gasteiger charge is -2.43. The topological polar surface area (TPSA) is 38.1 Å². The first kappa shape index (κ1) is 19.8. The molecule has 146 valence electrons. The molecule has 0 aliphatic carbocycles. The van der Waals surface area contributed by atoms with E-state index in [0.29, 0.717) is 5.75 Å². The average Bonchev–Trinajstić information content (AvgIpc) is 3.21. The van der Waals surface area contributed by atoms with Crippen LogP contribution in [0, 0.1) is 17.7 Å². The van der Waals surface area contributed by atoms with Crippen molar-refractivity contribution < 1.29 is 4.79 Å². The normalized spacial score (nSPS) is 14.7. The molecule has 0 spiro atoms. The van der Waals surface area contributed by atoms with Gasteiger partial charge < -0.3 is 9.47 Å². The fourth-order valence-electron chi connectivity index (χ4n) is 3.61. The molecule has 1 aliphatic rings. The molecule has 0 N–H and O–H groups in total. The number of aryl methyl sites for hydroxylation is 3. The van der Waals surface area contributed by atoms with E-state index in [1.807, 2.05) is 22.7 Å². The van der Waals surface area contributed by atoms with Gasteiger partial charge in [0.25, 0.3) is 0 Å². The van der Waals surface area contributed by atoms with Gasteiger partial charge in [-0.25, -0.2) is 4.98 Å². The maximum atomic E-state index is 13.4. The van der Waals surface area contributed by atoms with E-state index >= 15 is 0 Å². The highest BCUT2D eigenvalue weighted by Crippen LogP contribution is 2.52. The van der Waals surface area contributed by atoms with Crippen LogP contribution in [-0.2, 0) is 17.4 Å². The van der Waals surface area contributed by atoms with Gasteiger partial charge in [-0.05, 0) is 51.0 Å². The van der Waals surface area contributed by atoms with E-state index in [0.717, 1.165) is 25.8 Å². The summed E-state index contributed by atoms with van der Waals surface area (Å²) in [6.45, 7) is 8.43.